The summed E-state index contributed by atoms with van der Waals surface area (Å²) in [6.45, 7) is 5.40. The zero-order valence-electron chi connectivity index (χ0n) is 7.44. The summed E-state index contributed by atoms with van der Waals surface area (Å²) in [6, 6.07) is 0. The Morgan fingerprint density at radius 2 is 2.27 bits per heavy atom. The summed E-state index contributed by atoms with van der Waals surface area (Å²) in [7, 11) is 0. The van der Waals surface area contributed by atoms with Crippen molar-refractivity contribution in [3.8, 4) is 0 Å². The fourth-order valence-corrected chi connectivity index (χ4v) is 1.44. The van der Waals surface area contributed by atoms with Crippen molar-refractivity contribution in [1.29, 1.82) is 0 Å². The Balaban J connectivity index is 2.09. The average molecular weight is 157 g/mol. The lowest BCUT2D eigenvalue weighted by atomic mass is 10.2. The van der Waals surface area contributed by atoms with Gasteiger partial charge < -0.3 is 10.1 Å². The van der Waals surface area contributed by atoms with Gasteiger partial charge in [-0.25, -0.2) is 0 Å². The van der Waals surface area contributed by atoms with Crippen LogP contribution in [0.2, 0.25) is 0 Å². The first-order valence-electron chi connectivity index (χ1n) is 4.76. The minimum Gasteiger partial charge on any atom is -0.378 e. The standard InChI is InChI=1S/C9H19NO/c1-2-8-11-9-4-3-6-10-7-5-9/h9-10H,2-8H2,1H3. The molecule has 2 nitrogen and oxygen atoms in total. The van der Waals surface area contributed by atoms with Crippen LogP contribution in [-0.4, -0.2) is 25.8 Å². The quantitative estimate of drug-likeness (QED) is 0.671. The molecule has 0 radical (unpaired) electrons. The lowest BCUT2D eigenvalue weighted by molar-refractivity contribution is 0.0459. The summed E-state index contributed by atoms with van der Waals surface area (Å²) >= 11 is 0. The lowest BCUT2D eigenvalue weighted by Crippen LogP contribution is -2.17. The molecule has 1 aliphatic heterocycles. The van der Waals surface area contributed by atoms with Crippen LogP contribution >= 0.6 is 0 Å². The third-order valence-electron chi connectivity index (χ3n) is 2.08. The summed E-state index contributed by atoms with van der Waals surface area (Å²) in [5.74, 6) is 0. The van der Waals surface area contributed by atoms with Crippen LogP contribution in [0, 0.1) is 0 Å². The summed E-state index contributed by atoms with van der Waals surface area (Å²) < 4.78 is 5.67. The number of rotatable bonds is 3. The maximum absolute atomic E-state index is 5.67. The molecule has 0 aliphatic carbocycles. The molecule has 0 bridgehead atoms. The van der Waals surface area contributed by atoms with Gasteiger partial charge in [-0.1, -0.05) is 6.92 Å². The number of nitrogens with one attached hydrogen (secondary N) is 1. The molecular formula is C9H19NO. The maximum Gasteiger partial charge on any atom is 0.0587 e. The van der Waals surface area contributed by atoms with Gasteiger partial charge in [-0.2, -0.15) is 0 Å². The monoisotopic (exact) mass is 157 g/mol. The highest BCUT2D eigenvalue weighted by Crippen LogP contribution is 2.09. The molecule has 0 aromatic carbocycles. The second-order valence-corrected chi connectivity index (χ2v) is 3.17. The highest BCUT2D eigenvalue weighted by molar-refractivity contribution is 4.65. The van der Waals surface area contributed by atoms with Gasteiger partial charge in [0, 0.05) is 6.61 Å². The third-order valence-corrected chi connectivity index (χ3v) is 2.08. The molecule has 1 saturated heterocycles. The van der Waals surface area contributed by atoms with Gasteiger partial charge in [-0.15, -0.1) is 0 Å². The Kier molecular flexibility index (Phi) is 4.55. The molecule has 0 aromatic rings. The molecule has 1 fully saturated rings. The number of ether oxygens (including phenoxy) is 1. The van der Waals surface area contributed by atoms with Gasteiger partial charge in [0.2, 0.25) is 0 Å². The van der Waals surface area contributed by atoms with E-state index < -0.39 is 0 Å². The third kappa shape index (κ3) is 3.73. The van der Waals surface area contributed by atoms with E-state index in [0.29, 0.717) is 6.10 Å². The van der Waals surface area contributed by atoms with Crippen molar-refractivity contribution in [3.63, 3.8) is 0 Å². The van der Waals surface area contributed by atoms with Gasteiger partial charge in [-0.05, 0) is 38.8 Å². The number of hydrogen-bond acceptors (Lipinski definition) is 2. The molecule has 0 aromatic heterocycles. The molecule has 1 N–H and O–H groups in total. The average Bonchev–Trinajstić information content (AvgIpc) is 2.28. The highest BCUT2D eigenvalue weighted by atomic mass is 16.5. The first kappa shape index (κ1) is 9.01. The summed E-state index contributed by atoms with van der Waals surface area (Å²) in [6.07, 6.45) is 5.38. The van der Waals surface area contributed by atoms with Gasteiger partial charge in [0.25, 0.3) is 0 Å². The van der Waals surface area contributed by atoms with Crippen LogP contribution in [0.3, 0.4) is 0 Å². The summed E-state index contributed by atoms with van der Waals surface area (Å²) in [5.41, 5.74) is 0. The van der Waals surface area contributed by atoms with Crippen molar-refractivity contribution in [1.82, 2.24) is 5.32 Å². The molecule has 1 rings (SSSR count). The Morgan fingerprint density at radius 1 is 1.36 bits per heavy atom. The van der Waals surface area contributed by atoms with E-state index in [1.807, 2.05) is 0 Å². The van der Waals surface area contributed by atoms with Crippen LogP contribution in [0.15, 0.2) is 0 Å². The van der Waals surface area contributed by atoms with Gasteiger partial charge >= 0.3 is 0 Å². The van der Waals surface area contributed by atoms with Crippen LogP contribution in [0.25, 0.3) is 0 Å². The first-order chi connectivity index (χ1) is 5.43. The molecule has 11 heavy (non-hydrogen) atoms. The molecular weight excluding hydrogens is 138 g/mol. The van der Waals surface area contributed by atoms with Crippen LogP contribution in [0.1, 0.15) is 32.6 Å². The van der Waals surface area contributed by atoms with E-state index in [1.54, 1.807) is 0 Å². The molecule has 1 aliphatic rings. The van der Waals surface area contributed by atoms with Crippen molar-refractivity contribution < 1.29 is 4.74 Å². The smallest absolute Gasteiger partial charge is 0.0587 e. The largest absolute Gasteiger partial charge is 0.378 e. The van der Waals surface area contributed by atoms with Crippen molar-refractivity contribution >= 4 is 0 Å². The normalized spacial score (nSPS) is 26.5. The molecule has 1 heterocycles. The van der Waals surface area contributed by atoms with E-state index in [2.05, 4.69) is 12.2 Å². The Hall–Kier alpha value is -0.0800. The van der Waals surface area contributed by atoms with E-state index in [9.17, 15) is 0 Å². The van der Waals surface area contributed by atoms with E-state index in [-0.39, 0.29) is 0 Å². The second-order valence-electron chi connectivity index (χ2n) is 3.17. The van der Waals surface area contributed by atoms with Crippen LogP contribution in [0.5, 0.6) is 0 Å². The van der Waals surface area contributed by atoms with Crippen LogP contribution in [-0.2, 0) is 4.74 Å². The van der Waals surface area contributed by atoms with Gasteiger partial charge in [-0.3, -0.25) is 0 Å². The van der Waals surface area contributed by atoms with Crippen LogP contribution < -0.4 is 5.32 Å². The zero-order valence-corrected chi connectivity index (χ0v) is 7.44. The fourth-order valence-electron chi connectivity index (χ4n) is 1.44. The lowest BCUT2D eigenvalue weighted by Gasteiger charge is -2.13. The van der Waals surface area contributed by atoms with Crippen molar-refractivity contribution in [2.24, 2.45) is 0 Å². The minimum atomic E-state index is 0.532. The predicted molar refractivity (Wildman–Crippen MR) is 46.8 cm³/mol. The van der Waals surface area contributed by atoms with Crippen molar-refractivity contribution in [3.05, 3.63) is 0 Å². The second kappa shape index (κ2) is 5.56. The fraction of sp³-hybridized carbons (Fsp3) is 1.00. The van der Waals surface area contributed by atoms with Crippen molar-refractivity contribution in [2.45, 2.75) is 38.7 Å². The van der Waals surface area contributed by atoms with Gasteiger partial charge in [0.05, 0.1) is 6.10 Å². The SMILES string of the molecule is CCCOC1CCCNCC1. The Morgan fingerprint density at radius 3 is 3.09 bits per heavy atom. The molecule has 1 atom stereocenters. The van der Waals surface area contributed by atoms with Crippen LogP contribution in [0.4, 0.5) is 0 Å². The molecule has 0 spiro atoms. The topological polar surface area (TPSA) is 21.3 Å². The van der Waals surface area contributed by atoms with Crippen molar-refractivity contribution in [2.75, 3.05) is 19.7 Å². The van der Waals surface area contributed by atoms with E-state index >= 15 is 0 Å². The molecule has 66 valence electrons. The Bertz CT molecular complexity index is 87.6. The van der Waals surface area contributed by atoms with E-state index in [1.165, 1.54) is 25.8 Å². The molecule has 0 amide bonds. The van der Waals surface area contributed by atoms with E-state index in [0.717, 1.165) is 19.6 Å². The first-order valence-corrected chi connectivity index (χ1v) is 4.76. The molecule has 1 unspecified atom stereocenters. The molecule has 2 heteroatoms. The highest BCUT2D eigenvalue weighted by Gasteiger charge is 2.10. The minimum absolute atomic E-state index is 0.532. The summed E-state index contributed by atoms with van der Waals surface area (Å²) in [5, 5.41) is 3.37. The van der Waals surface area contributed by atoms with Gasteiger partial charge in [0.1, 0.15) is 0 Å². The summed E-state index contributed by atoms with van der Waals surface area (Å²) in [4.78, 5) is 0. The van der Waals surface area contributed by atoms with Gasteiger partial charge in [0.15, 0.2) is 0 Å². The Labute approximate surface area is 69.3 Å². The molecule has 0 saturated carbocycles. The predicted octanol–water partition coefficient (Wildman–Crippen LogP) is 1.56. The maximum atomic E-state index is 5.67. The zero-order chi connectivity index (χ0) is 7.94. The van der Waals surface area contributed by atoms with E-state index in [4.69, 9.17) is 4.74 Å². The number of hydrogen-bond donors (Lipinski definition) is 1.